The third kappa shape index (κ3) is 9.86. The van der Waals surface area contributed by atoms with E-state index in [1.807, 2.05) is 91.0 Å². The standard InChI is InChI=1S/C34H36N2O9/c37-19-28(39)32(41)31(40)27(38)18-35-36-34(42)26-16-29(43-20-23-10-4-1-5-11-23)33(45-22-25-14-8-3-9-15-25)30(17-26)44-21-24-12-6-2-7-13-24/h1-18,27-28,31-32,37-41H,19-22H2,(H,36,42)/b35-18+/t27-,28+,31+,32+/m0/s1. The van der Waals surface area contributed by atoms with Crippen molar-refractivity contribution in [3.8, 4) is 17.2 Å². The molecule has 0 spiro atoms. The molecule has 236 valence electrons. The molecular weight excluding hydrogens is 580 g/mol. The van der Waals surface area contributed by atoms with Gasteiger partial charge in [-0.2, -0.15) is 5.10 Å². The van der Waals surface area contributed by atoms with Gasteiger partial charge in [0.1, 0.15) is 44.2 Å². The molecule has 0 aliphatic heterocycles. The van der Waals surface area contributed by atoms with E-state index in [1.165, 1.54) is 12.1 Å². The first-order valence-corrected chi connectivity index (χ1v) is 14.2. The van der Waals surface area contributed by atoms with Crippen molar-refractivity contribution >= 4 is 12.1 Å². The van der Waals surface area contributed by atoms with Gasteiger partial charge >= 0.3 is 0 Å². The van der Waals surface area contributed by atoms with Crippen molar-refractivity contribution in [2.24, 2.45) is 5.10 Å². The number of aliphatic hydroxyl groups is 5. The van der Waals surface area contributed by atoms with E-state index >= 15 is 0 Å². The Balaban J connectivity index is 1.61. The molecule has 0 unspecified atom stereocenters. The van der Waals surface area contributed by atoms with Crippen LogP contribution >= 0.6 is 0 Å². The van der Waals surface area contributed by atoms with E-state index in [4.69, 9.17) is 19.3 Å². The van der Waals surface area contributed by atoms with Gasteiger partial charge in [0.05, 0.1) is 12.8 Å². The second-order valence-electron chi connectivity index (χ2n) is 10.1. The van der Waals surface area contributed by atoms with Gasteiger partial charge in [-0.1, -0.05) is 91.0 Å². The van der Waals surface area contributed by atoms with Crippen LogP contribution in [0.2, 0.25) is 0 Å². The topological polar surface area (TPSA) is 170 Å². The highest BCUT2D eigenvalue weighted by atomic mass is 16.5. The minimum Gasteiger partial charge on any atom is -0.485 e. The summed E-state index contributed by atoms with van der Waals surface area (Å²) in [5, 5.41) is 52.0. The second-order valence-corrected chi connectivity index (χ2v) is 10.1. The molecule has 0 aromatic heterocycles. The molecule has 1 amide bonds. The molecule has 4 rings (SSSR count). The molecular formula is C34H36N2O9. The summed E-state index contributed by atoms with van der Waals surface area (Å²) in [5.41, 5.74) is 5.04. The molecule has 45 heavy (non-hydrogen) atoms. The Morgan fingerprint density at radius 3 is 1.58 bits per heavy atom. The maximum absolute atomic E-state index is 13.2. The second kappa shape index (κ2) is 16.9. The van der Waals surface area contributed by atoms with Gasteiger partial charge in [0, 0.05) is 5.56 Å². The first kappa shape index (κ1) is 33.1. The first-order valence-electron chi connectivity index (χ1n) is 14.2. The normalized spacial score (nSPS) is 13.9. The van der Waals surface area contributed by atoms with Crippen LogP contribution in [0.15, 0.2) is 108 Å². The van der Waals surface area contributed by atoms with E-state index < -0.39 is 36.9 Å². The van der Waals surface area contributed by atoms with Crippen molar-refractivity contribution in [3.05, 3.63) is 125 Å². The number of aliphatic hydroxyl groups excluding tert-OH is 5. The first-order chi connectivity index (χ1) is 21.9. The van der Waals surface area contributed by atoms with Crippen LogP contribution in [-0.4, -0.2) is 68.7 Å². The van der Waals surface area contributed by atoms with Crippen LogP contribution in [-0.2, 0) is 19.8 Å². The third-order valence-electron chi connectivity index (χ3n) is 6.66. The molecule has 4 aromatic rings. The molecule has 0 aliphatic carbocycles. The summed E-state index contributed by atoms with van der Waals surface area (Å²) in [5.74, 6) is 0.0745. The van der Waals surface area contributed by atoms with Gasteiger partial charge in [-0.15, -0.1) is 0 Å². The highest BCUT2D eigenvalue weighted by molar-refractivity contribution is 5.95. The number of carbonyl (C=O) groups excluding carboxylic acids is 1. The number of nitrogens with one attached hydrogen (secondary N) is 1. The number of ether oxygens (including phenoxy) is 3. The number of rotatable bonds is 16. The van der Waals surface area contributed by atoms with Crippen molar-refractivity contribution in [3.63, 3.8) is 0 Å². The van der Waals surface area contributed by atoms with Crippen LogP contribution in [0.3, 0.4) is 0 Å². The van der Waals surface area contributed by atoms with Crippen LogP contribution in [0.1, 0.15) is 27.0 Å². The lowest BCUT2D eigenvalue weighted by Crippen LogP contribution is -2.46. The monoisotopic (exact) mass is 616 g/mol. The van der Waals surface area contributed by atoms with E-state index in [-0.39, 0.29) is 36.9 Å². The molecule has 11 nitrogen and oxygen atoms in total. The van der Waals surface area contributed by atoms with E-state index in [2.05, 4.69) is 10.5 Å². The van der Waals surface area contributed by atoms with E-state index in [0.29, 0.717) is 5.75 Å². The molecule has 11 heteroatoms. The Hall–Kier alpha value is -4.78. The molecule has 0 fully saturated rings. The van der Waals surface area contributed by atoms with Crippen LogP contribution in [0.25, 0.3) is 0 Å². The number of hydrogen-bond acceptors (Lipinski definition) is 10. The number of nitrogens with zero attached hydrogens (tertiary/aromatic N) is 1. The van der Waals surface area contributed by atoms with Crippen molar-refractivity contribution in [1.82, 2.24) is 5.43 Å². The summed E-state index contributed by atoms with van der Waals surface area (Å²) in [6.45, 7) is -0.268. The third-order valence-corrected chi connectivity index (χ3v) is 6.66. The highest BCUT2D eigenvalue weighted by Crippen LogP contribution is 2.40. The van der Waals surface area contributed by atoms with E-state index in [0.717, 1.165) is 22.9 Å². The molecule has 4 aromatic carbocycles. The van der Waals surface area contributed by atoms with Crippen molar-refractivity contribution < 1.29 is 44.5 Å². The predicted molar refractivity (Wildman–Crippen MR) is 166 cm³/mol. The number of hydrazone groups is 1. The molecule has 0 bridgehead atoms. The summed E-state index contributed by atoms with van der Waals surface area (Å²) in [6, 6.07) is 31.4. The van der Waals surface area contributed by atoms with Gasteiger partial charge in [0.2, 0.25) is 5.75 Å². The largest absolute Gasteiger partial charge is 0.485 e. The lowest BCUT2D eigenvalue weighted by Gasteiger charge is -2.23. The number of hydrogen-bond donors (Lipinski definition) is 6. The van der Waals surface area contributed by atoms with Crippen LogP contribution in [0.5, 0.6) is 17.2 Å². The maximum Gasteiger partial charge on any atom is 0.271 e. The van der Waals surface area contributed by atoms with Gasteiger partial charge in [-0.3, -0.25) is 4.79 Å². The molecule has 0 aliphatic rings. The zero-order valence-corrected chi connectivity index (χ0v) is 24.3. The minimum atomic E-state index is -1.87. The highest BCUT2D eigenvalue weighted by Gasteiger charge is 2.29. The van der Waals surface area contributed by atoms with Gasteiger partial charge in [-0.25, -0.2) is 5.43 Å². The average Bonchev–Trinajstić information content (AvgIpc) is 3.09. The Bertz CT molecular complexity index is 1440. The van der Waals surface area contributed by atoms with Gasteiger partial charge in [0.25, 0.3) is 5.91 Å². The summed E-state index contributed by atoms with van der Waals surface area (Å²) in [6.07, 6.45) is -6.37. The zero-order valence-electron chi connectivity index (χ0n) is 24.3. The quantitative estimate of drug-likeness (QED) is 0.0818. The average molecular weight is 617 g/mol. The van der Waals surface area contributed by atoms with Crippen LogP contribution < -0.4 is 19.6 Å². The zero-order chi connectivity index (χ0) is 32.0. The molecule has 0 heterocycles. The molecule has 0 saturated carbocycles. The number of carbonyl (C=O) groups is 1. The number of benzene rings is 4. The summed E-state index contributed by atoms with van der Waals surface area (Å²) >= 11 is 0. The van der Waals surface area contributed by atoms with Crippen LogP contribution in [0.4, 0.5) is 0 Å². The smallest absolute Gasteiger partial charge is 0.271 e. The van der Waals surface area contributed by atoms with Crippen molar-refractivity contribution in [2.45, 2.75) is 44.2 Å². The van der Waals surface area contributed by atoms with Gasteiger partial charge in [-0.05, 0) is 28.8 Å². The van der Waals surface area contributed by atoms with Crippen LogP contribution in [0, 0.1) is 0 Å². The Kier molecular flexibility index (Phi) is 12.4. The van der Waals surface area contributed by atoms with E-state index in [9.17, 15) is 25.2 Å². The predicted octanol–water partition coefficient (Wildman–Crippen LogP) is 2.58. The summed E-state index contributed by atoms with van der Waals surface area (Å²) < 4.78 is 18.5. The number of amides is 1. The van der Waals surface area contributed by atoms with Crippen molar-refractivity contribution in [2.75, 3.05) is 6.61 Å². The Morgan fingerprint density at radius 2 is 1.13 bits per heavy atom. The maximum atomic E-state index is 13.2. The van der Waals surface area contributed by atoms with Gasteiger partial charge in [0.15, 0.2) is 11.5 Å². The lowest BCUT2D eigenvalue weighted by atomic mass is 10.0. The fourth-order valence-electron chi connectivity index (χ4n) is 4.13. The molecule has 4 atom stereocenters. The Morgan fingerprint density at radius 1 is 0.689 bits per heavy atom. The minimum absolute atomic E-state index is 0.0936. The fraction of sp³-hybridized carbons (Fsp3) is 0.235. The summed E-state index contributed by atoms with van der Waals surface area (Å²) in [7, 11) is 0. The van der Waals surface area contributed by atoms with E-state index in [1.54, 1.807) is 0 Å². The fourth-order valence-corrected chi connectivity index (χ4v) is 4.13. The molecule has 6 N–H and O–H groups in total. The molecule has 0 radical (unpaired) electrons. The lowest BCUT2D eigenvalue weighted by molar-refractivity contribution is -0.0999. The summed E-state index contributed by atoms with van der Waals surface area (Å²) in [4.78, 5) is 13.2. The SMILES string of the molecule is O=C(N/N=C/[C@H](O)[C@@H](O)[C@H](O)[C@H](O)CO)c1cc(OCc2ccccc2)c(OCc2ccccc2)c(OCc2ccccc2)c1. The molecule has 0 saturated heterocycles. The van der Waals surface area contributed by atoms with Crippen molar-refractivity contribution in [1.29, 1.82) is 0 Å². The Labute approximate surface area is 260 Å². The van der Waals surface area contributed by atoms with Gasteiger partial charge < -0.3 is 39.7 Å².